The first-order chi connectivity index (χ1) is 10.7. The lowest BCUT2D eigenvalue weighted by Gasteiger charge is -2.08. The predicted octanol–water partition coefficient (Wildman–Crippen LogP) is 3.72. The number of para-hydroxylation sites is 2. The van der Waals surface area contributed by atoms with Crippen molar-refractivity contribution in [3.05, 3.63) is 52.5 Å². The van der Waals surface area contributed by atoms with Gasteiger partial charge in [0.05, 0.1) is 21.1 Å². The average molecular weight is 331 g/mol. The van der Waals surface area contributed by atoms with E-state index in [4.69, 9.17) is 23.2 Å². The summed E-state index contributed by atoms with van der Waals surface area (Å²) in [5.74, 6) is 0.544. The number of aromatic nitrogens is 5. The Morgan fingerprint density at radius 1 is 1.00 bits per heavy atom. The maximum Gasteiger partial charge on any atom is 0.222 e. The summed E-state index contributed by atoms with van der Waals surface area (Å²) in [5.41, 5.74) is 2.90. The van der Waals surface area contributed by atoms with Crippen molar-refractivity contribution in [1.82, 2.24) is 25.0 Å². The highest BCUT2D eigenvalue weighted by molar-refractivity contribution is 6.42. The van der Waals surface area contributed by atoms with Crippen LogP contribution in [0.3, 0.4) is 0 Å². The van der Waals surface area contributed by atoms with E-state index in [2.05, 4.69) is 25.8 Å². The molecule has 2 aromatic carbocycles. The molecule has 0 amide bonds. The minimum Gasteiger partial charge on any atom is -0.337 e. The van der Waals surface area contributed by atoms with E-state index in [0.717, 1.165) is 16.7 Å². The van der Waals surface area contributed by atoms with Crippen LogP contribution >= 0.6 is 23.2 Å². The SMILES string of the molecule is Clc1ccc(Nc2nc3ccccc3n3nnnc23)cc1Cl. The fourth-order valence-corrected chi connectivity index (χ4v) is 2.50. The minimum absolute atomic E-state index is 0.461. The van der Waals surface area contributed by atoms with Gasteiger partial charge in [-0.15, -0.1) is 5.10 Å². The fraction of sp³-hybridized carbons (Fsp3) is 0. The van der Waals surface area contributed by atoms with Gasteiger partial charge in [0.2, 0.25) is 5.65 Å². The summed E-state index contributed by atoms with van der Waals surface area (Å²) >= 11 is 12.0. The van der Waals surface area contributed by atoms with Gasteiger partial charge in [0.25, 0.3) is 0 Å². The third-order valence-electron chi connectivity index (χ3n) is 3.21. The van der Waals surface area contributed by atoms with E-state index < -0.39 is 0 Å². The van der Waals surface area contributed by atoms with Crippen LogP contribution in [0.4, 0.5) is 11.5 Å². The molecule has 0 atom stereocenters. The number of hydrogen-bond acceptors (Lipinski definition) is 5. The van der Waals surface area contributed by atoms with Crippen LogP contribution in [0.25, 0.3) is 16.7 Å². The van der Waals surface area contributed by atoms with Gasteiger partial charge in [0.1, 0.15) is 0 Å². The Morgan fingerprint density at radius 3 is 2.73 bits per heavy atom. The molecule has 0 saturated carbocycles. The van der Waals surface area contributed by atoms with E-state index in [-0.39, 0.29) is 0 Å². The molecule has 0 bridgehead atoms. The average Bonchev–Trinajstić information content (AvgIpc) is 3.01. The van der Waals surface area contributed by atoms with Crippen molar-refractivity contribution >= 4 is 51.4 Å². The second-order valence-electron chi connectivity index (χ2n) is 4.62. The number of nitrogens with zero attached hydrogens (tertiary/aromatic N) is 5. The summed E-state index contributed by atoms with van der Waals surface area (Å²) in [6.07, 6.45) is 0. The van der Waals surface area contributed by atoms with E-state index in [1.807, 2.05) is 30.3 Å². The smallest absolute Gasteiger partial charge is 0.222 e. The van der Waals surface area contributed by atoms with Crippen LogP contribution in [-0.2, 0) is 0 Å². The van der Waals surface area contributed by atoms with Crippen LogP contribution < -0.4 is 5.32 Å². The van der Waals surface area contributed by atoms with Crippen molar-refractivity contribution in [3.8, 4) is 0 Å². The molecule has 0 fully saturated rings. The van der Waals surface area contributed by atoms with Gasteiger partial charge in [-0.05, 0) is 40.8 Å². The molecule has 0 aliphatic rings. The Bertz CT molecular complexity index is 997. The molecule has 8 heteroatoms. The Kier molecular flexibility index (Phi) is 3.06. The molecule has 2 heterocycles. The lowest BCUT2D eigenvalue weighted by Crippen LogP contribution is -2.01. The zero-order valence-electron chi connectivity index (χ0n) is 11.0. The first-order valence-electron chi connectivity index (χ1n) is 6.41. The van der Waals surface area contributed by atoms with Crippen LogP contribution in [0.5, 0.6) is 0 Å². The lowest BCUT2D eigenvalue weighted by atomic mass is 10.3. The summed E-state index contributed by atoms with van der Waals surface area (Å²) in [5, 5.41) is 15.9. The van der Waals surface area contributed by atoms with Crippen molar-refractivity contribution in [3.63, 3.8) is 0 Å². The van der Waals surface area contributed by atoms with E-state index in [1.165, 1.54) is 0 Å². The Balaban J connectivity index is 1.89. The summed E-state index contributed by atoms with van der Waals surface area (Å²) in [6, 6.07) is 12.9. The molecule has 4 rings (SSSR count). The molecule has 22 heavy (non-hydrogen) atoms. The quantitative estimate of drug-likeness (QED) is 0.606. The molecule has 0 aliphatic carbocycles. The number of fused-ring (bicyclic) bond motifs is 3. The molecule has 1 N–H and O–H groups in total. The fourth-order valence-electron chi connectivity index (χ4n) is 2.20. The molecule has 0 aliphatic heterocycles. The van der Waals surface area contributed by atoms with Gasteiger partial charge in [-0.2, -0.15) is 4.52 Å². The number of anilines is 2. The minimum atomic E-state index is 0.461. The normalized spacial score (nSPS) is 11.2. The summed E-state index contributed by atoms with van der Waals surface area (Å²) in [7, 11) is 0. The molecule has 0 unspecified atom stereocenters. The highest BCUT2D eigenvalue weighted by Gasteiger charge is 2.11. The number of hydrogen-bond donors (Lipinski definition) is 1. The van der Waals surface area contributed by atoms with Crippen molar-refractivity contribution in [1.29, 1.82) is 0 Å². The Labute approximate surface area is 134 Å². The van der Waals surface area contributed by atoms with Crippen LogP contribution in [-0.4, -0.2) is 25.0 Å². The van der Waals surface area contributed by atoms with E-state index in [1.54, 1.807) is 16.6 Å². The van der Waals surface area contributed by atoms with Gasteiger partial charge in [0, 0.05) is 5.69 Å². The molecule has 0 radical (unpaired) electrons. The third-order valence-corrected chi connectivity index (χ3v) is 3.94. The number of nitrogens with one attached hydrogen (secondary N) is 1. The summed E-state index contributed by atoms with van der Waals surface area (Å²) in [4.78, 5) is 4.57. The molecule has 0 saturated heterocycles. The second-order valence-corrected chi connectivity index (χ2v) is 5.43. The monoisotopic (exact) mass is 330 g/mol. The first kappa shape index (κ1) is 13.2. The molecule has 0 spiro atoms. The largest absolute Gasteiger partial charge is 0.337 e. The van der Waals surface area contributed by atoms with Crippen molar-refractivity contribution in [2.45, 2.75) is 0 Å². The summed E-state index contributed by atoms with van der Waals surface area (Å²) < 4.78 is 1.64. The van der Waals surface area contributed by atoms with Gasteiger partial charge < -0.3 is 5.32 Å². The van der Waals surface area contributed by atoms with Crippen LogP contribution in [0.1, 0.15) is 0 Å². The molecular weight excluding hydrogens is 323 g/mol. The zero-order valence-corrected chi connectivity index (χ0v) is 12.5. The maximum absolute atomic E-state index is 6.03. The van der Waals surface area contributed by atoms with Crippen LogP contribution in [0.15, 0.2) is 42.5 Å². The third kappa shape index (κ3) is 2.13. The molecule has 6 nitrogen and oxygen atoms in total. The number of halogens is 2. The zero-order chi connectivity index (χ0) is 15.1. The number of tetrazole rings is 1. The number of benzene rings is 2. The van der Waals surface area contributed by atoms with Crippen molar-refractivity contribution < 1.29 is 0 Å². The highest BCUT2D eigenvalue weighted by atomic mass is 35.5. The number of rotatable bonds is 2. The molecular formula is C14H8Cl2N6. The highest BCUT2D eigenvalue weighted by Crippen LogP contribution is 2.28. The standard InChI is InChI=1S/C14H8Cl2N6/c15-9-6-5-8(7-10(9)16)17-13-14-19-20-21-22(14)12-4-2-1-3-11(12)18-13/h1-7H,(H,17,18). The van der Waals surface area contributed by atoms with Gasteiger partial charge in [0.15, 0.2) is 5.82 Å². The van der Waals surface area contributed by atoms with E-state index in [0.29, 0.717) is 21.5 Å². The molecule has 108 valence electrons. The van der Waals surface area contributed by atoms with Gasteiger partial charge in [-0.1, -0.05) is 35.3 Å². The van der Waals surface area contributed by atoms with E-state index >= 15 is 0 Å². The van der Waals surface area contributed by atoms with Crippen LogP contribution in [0.2, 0.25) is 10.0 Å². The van der Waals surface area contributed by atoms with Gasteiger partial charge >= 0.3 is 0 Å². The van der Waals surface area contributed by atoms with Crippen LogP contribution in [0, 0.1) is 0 Å². The maximum atomic E-state index is 6.03. The molecule has 2 aromatic heterocycles. The van der Waals surface area contributed by atoms with Gasteiger partial charge in [-0.25, -0.2) is 4.98 Å². The van der Waals surface area contributed by atoms with E-state index in [9.17, 15) is 0 Å². The first-order valence-corrected chi connectivity index (χ1v) is 7.17. The predicted molar refractivity (Wildman–Crippen MR) is 85.8 cm³/mol. The Morgan fingerprint density at radius 2 is 1.86 bits per heavy atom. The molecule has 4 aromatic rings. The Hall–Kier alpha value is -2.44. The summed E-state index contributed by atoms with van der Waals surface area (Å²) in [6.45, 7) is 0. The lowest BCUT2D eigenvalue weighted by molar-refractivity contribution is 0.841. The van der Waals surface area contributed by atoms with Gasteiger partial charge in [-0.3, -0.25) is 0 Å². The topological polar surface area (TPSA) is 68.0 Å². The van der Waals surface area contributed by atoms with Crippen molar-refractivity contribution in [2.75, 3.05) is 5.32 Å². The second kappa shape index (κ2) is 5.08. The van der Waals surface area contributed by atoms with Crippen molar-refractivity contribution in [2.24, 2.45) is 0 Å².